The van der Waals surface area contributed by atoms with Crippen LogP contribution < -0.4 is 0 Å². The molecule has 0 aliphatic carbocycles. The van der Waals surface area contributed by atoms with Gasteiger partial charge in [-0.2, -0.15) is 0 Å². The van der Waals surface area contributed by atoms with Crippen molar-refractivity contribution >= 4 is 21.9 Å². The van der Waals surface area contributed by atoms with Gasteiger partial charge in [0.1, 0.15) is 10.9 Å². The first kappa shape index (κ1) is 9.00. The van der Waals surface area contributed by atoms with E-state index in [0.717, 1.165) is 6.42 Å². The van der Waals surface area contributed by atoms with Crippen LogP contribution in [-0.4, -0.2) is 30.1 Å². The van der Waals surface area contributed by atoms with Crippen molar-refractivity contribution in [3.63, 3.8) is 0 Å². The molecule has 0 radical (unpaired) electrons. The summed E-state index contributed by atoms with van der Waals surface area (Å²) in [5.41, 5.74) is 0. The first-order valence-electron chi connectivity index (χ1n) is 3.62. The van der Waals surface area contributed by atoms with Crippen LogP contribution in [0.1, 0.15) is 13.3 Å². The second-order valence-corrected chi connectivity index (χ2v) is 3.91. The largest absolute Gasteiger partial charge is 0.459 e. The van der Waals surface area contributed by atoms with Crippen LogP contribution in [-0.2, 0) is 14.3 Å². The molecule has 0 aromatic carbocycles. The molecular formula is C7H11BrO3. The summed E-state index contributed by atoms with van der Waals surface area (Å²) >= 11 is 3.13. The number of alkyl halides is 1. The van der Waals surface area contributed by atoms with Gasteiger partial charge in [-0.1, -0.05) is 15.9 Å². The van der Waals surface area contributed by atoms with E-state index in [4.69, 9.17) is 9.47 Å². The summed E-state index contributed by atoms with van der Waals surface area (Å²) in [5, 5.41) is 0. The quantitative estimate of drug-likeness (QED) is 0.519. The molecule has 0 amide bonds. The van der Waals surface area contributed by atoms with Crippen molar-refractivity contribution in [3.8, 4) is 0 Å². The molecule has 11 heavy (non-hydrogen) atoms. The van der Waals surface area contributed by atoms with Crippen LogP contribution in [0.25, 0.3) is 0 Å². The van der Waals surface area contributed by atoms with Crippen molar-refractivity contribution in [1.82, 2.24) is 0 Å². The normalized spacial score (nSPS) is 26.5. The summed E-state index contributed by atoms with van der Waals surface area (Å²) in [6.45, 7) is 3.00. The third kappa shape index (κ3) is 2.79. The summed E-state index contributed by atoms with van der Waals surface area (Å²) in [7, 11) is 0. The van der Waals surface area contributed by atoms with Crippen molar-refractivity contribution in [2.24, 2.45) is 0 Å². The number of halogens is 1. The minimum Gasteiger partial charge on any atom is -0.459 e. The predicted octanol–water partition coefficient (Wildman–Crippen LogP) is 1.10. The molecule has 3 nitrogen and oxygen atoms in total. The highest BCUT2D eigenvalue weighted by Gasteiger charge is 2.21. The van der Waals surface area contributed by atoms with Crippen LogP contribution in [0.4, 0.5) is 0 Å². The lowest BCUT2D eigenvalue weighted by Crippen LogP contribution is -2.22. The Hall–Kier alpha value is -0.0900. The van der Waals surface area contributed by atoms with E-state index in [2.05, 4.69) is 15.9 Å². The highest BCUT2D eigenvalue weighted by molar-refractivity contribution is 9.10. The molecule has 2 atom stereocenters. The first-order valence-corrected chi connectivity index (χ1v) is 4.54. The van der Waals surface area contributed by atoms with Crippen molar-refractivity contribution in [1.29, 1.82) is 0 Å². The second-order valence-electron chi connectivity index (χ2n) is 2.54. The molecule has 0 spiro atoms. The fourth-order valence-electron chi connectivity index (χ4n) is 0.864. The lowest BCUT2D eigenvalue weighted by Gasteiger charge is -2.10. The third-order valence-electron chi connectivity index (χ3n) is 1.50. The van der Waals surface area contributed by atoms with Gasteiger partial charge in [0.05, 0.1) is 13.2 Å². The van der Waals surface area contributed by atoms with Gasteiger partial charge in [0.2, 0.25) is 0 Å². The summed E-state index contributed by atoms with van der Waals surface area (Å²) in [4.78, 5) is 10.8. The van der Waals surface area contributed by atoms with Gasteiger partial charge in [-0.25, -0.2) is 0 Å². The molecule has 1 rings (SSSR count). The third-order valence-corrected chi connectivity index (χ3v) is 1.87. The Morgan fingerprint density at radius 3 is 3.00 bits per heavy atom. The van der Waals surface area contributed by atoms with Gasteiger partial charge in [0.25, 0.3) is 0 Å². The molecule has 1 heterocycles. The summed E-state index contributed by atoms with van der Waals surface area (Å²) in [5.74, 6) is -0.208. The SMILES string of the molecule is C[C@H](Br)C(=O)O[C@H]1CCOC1. The highest BCUT2D eigenvalue weighted by Crippen LogP contribution is 2.11. The molecule has 1 fully saturated rings. The number of hydrogen-bond acceptors (Lipinski definition) is 3. The van der Waals surface area contributed by atoms with Gasteiger partial charge in [-0.3, -0.25) is 4.79 Å². The van der Waals surface area contributed by atoms with Gasteiger partial charge in [-0.05, 0) is 6.92 Å². The van der Waals surface area contributed by atoms with E-state index in [1.807, 2.05) is 0 Å². The van der Waals surface area contributed by atoms with Crippen LogP contribution in [0.3, 0.4) is 0 Å². The zero-order valence-corrected chi connectivity index (χ0v) is 7.96. The number of hydrogen-bond donors (Lipinski definition) is 0. The second kappa shape index (κ2) is 4.07. The van der Waals surface area contributed by atoms with Crippen LogP contribution >= 0.6 is 15.9 Å². The zero-order valence-electron chi connectivity index (χ0n) is 6.38. The fraction of sp³-hybridized carbons (Fsp3) is 0.857. The Kier molecular flexibility index (Phi) is 3.33. The molecule has 0 saturated carbocycles. The van der Waals surface area contributed by atoms with Crippen LogP contribution in [0.5, 0.6) is 0 Å². The van der Waals surface area contributed by atoms with Crippen LogP contribution in [0.2, 0.25) is 0 Å². The van der Waals surface area contributed by atoms with Crippen molar-refractivity contribution in [2.45, 2.75) is 24.3 Å². The van der Waals surface area contributed by atoms with Gasteiger partial charge >= 0.3 is 5.97 Å². The first-order chi connectivity index (χ1) is 5.20. The van der Waals surface area contributed by atoms with E-state index in [-0.39, 0.29) is 16.9 Å². The van der Waals surface area contributed by atoms with Gasteiger partial charge in [-0.15, -0.1) is 0 Å². The molecule has 0 unspecified atom stereocenters. The Balaban J connectivity index is 2.24. The molecule has 0 aromatic rings. The Morgan fingerprint density at radius 1 is 1.82 bits per heavy atom. The van der Waals surface area contributed by atoms with Gasteiger partial charge < -0.3 is 9.47 Å². The Labute approximate surface area is 74.2 Å². The number of ether oxygens (including phenoxy) is 2. The minimum atomic E-state index is -0.219. The average Bonchev–Trinajstić information content (AvgIpc) is 2.39. The fourth-order valence-corrected chi connectivity index (χ4v) is 0.972. The molecule has 0 N–H and O–H groups in total. The molecule has 1 saturated heterocycles. The van der Waals surface area contributed by atoms with Gasteiger partial charge in [0, 0.05) is 6.42 Å². The van der Waals surface area contributed by atoms with Crippen molar-refractivity contribution in [3.05, 3.63) is 0 Å². The number of carbonyl (C=O) groups is 1. The zero-order chi connectivity index (χ0) is 8.27. The summed E-state index contributed by atoms with van der Waals surface area (Å²) < 4.78 is 10.1. The predicted molar refractivity (Wildman–Crippen MR) is 43.7 cm³/mol. The Morgan fingerprint density at radius 2 is 2.55 bits per heavy atom. The lowest BCUT2D eigenvalue weighted by atomic mass is 10.3. The van der Waals surface area contributed by atoms with Gasteiger partial charge in [0.15, 0.2) is 0 Å². The van der Waals surface area contributed by atoms with Crippen LogP contribution in [0, 0.1) is 0 Å². The molecule has 0 aromatic heterocycles. The molecular weight excluding hydrogens is 212 g/mol. The monoisotopic (exact) mass is 222 g/mol. The molecule has 4 heteroatoms. The van der Waals surface area contributed by atoms with E-state index < -0.39 is 0 Å². The number of carbonyl (C=O) groups excluding carboxylic acids is 1. The smallest absolute Gasteiger partial charge is 0.319 e. The van der Waals surface area contributed by atoms with E-state index in [1.54, 1.807) is 6.92 Å². The number of rotatable bonds is 2. The molecule has 64 valence electrons. The Bertz CT molecular complexity index is 141. The van der Waals surface area contributed by atoms with E-state index in [9.17, 15) is 4.79 Å². The van der Waals surface area contributed by atoms with Crippen molar-refractivity contribution < 1.29 is 14.3 Å². The van der Waals surface area contributed by atoms with E-state index in [1.165, 1.54) is 0 Å². The van der Waals surface area contributed by atoms with Crippen molar-refractivity contribution in [2.75, 3.05) is 13.2 Å². The number of esters is 1. The summed E-state index contributed by atoms with van der Waals surface area (Å²) in [6, 6.07) is 0. The highest BCUT2D eigenvalue weighted by atomic mass is 79.9. The molecule has 1 aliphatic heterocycles. The lowest BCUT2D eigenvalue weighted by molar-refractivity contribution is -0.147. The maximum Gasteiger partial charge on any atom is 0.319 e. The molecule has 1 aliphatic rings. The minimum absolute atomic E-state index is 0.0255. The van der Waals surface area contributed by atoms with Crippen LogP contribution in [0.15, 0.2) is 0 Å². The summed E-state index contributed by atoms with van der Waals surface area (Å²) in [6.07, 6.45) is 0.799. The maximum atomic E-state index is 11.0. The van der Waals surface area contributed by atoms with E-state index in [0.29, 0.717) is 13.2 Å². The maximum absolute atomic E-state index is 11.0. The topological polar surface area (TPSA) is 35.5 Å². The van der Waals surface area contributed by atoms with E-state index >= 15 is 0 Å². The average molecular weight is 223 g/mol. The standard InChI is InChI=1S/C7H11BrO3/c1-5(8)7(9)11-6-2-3-10-4-6/h5-6H,2-4H2,1H3/t5-,6-/m0/s1. The molecule has 0 bridgehead atoms.